The molecule has 0 fully saturated rings. The SMILES string of the molecule is CC(Nc1cncnc1)c1nccn1C. The molecule has 0 saturated heterocycles. The summed E-state index contributed by atoms with van der Waals surface area (Å²) in [6.07, 6.45) is 8.71. The Morgan fingerprint density at radius 3 is 2.67 bits per heavy atom. The molecule has 78 valence electrons. The molecule has 1 N–H and O–H groups in total. The maximum atomic E-state index is 4.27. The van der Waals surface area contributed by atoms with E-state index < -0.39 is 0 Å². The summed E-state index contributed by atoms with van der Waals surface area (Å²) >= 11 is 0. The number of aryl methyl sites for hydroxylation is 1. The van der Waals surface area contributed by atoms with E-state index in [4.69, 9.17) is 0 Å². The molecule has 0 saturated carbocycles. The second-order valence-electron chi connectivity index (χ2n) is 3.39. The van der Waals surface area contributed by atoms with E-state index in [1.54, 1.807) is 18.6 Å². The molecule has 0 bridgehead atoms. The zero-order chi connectivity index (χ0) is 10.7. The Morgan fingerprint density at radius 2 is 2.07 bits per heavy atom. The lowest BCUT2D eigenvalue weighted by atomic mass is 10.3. The maximum absolute atomic E-state index is 4.27. The standard InChI is InChI=1S/C10H13N5/c1-8(10-13-3-4-15(10)2)14-9-5-11-7-12-6-9/h3-8,14H,1-2H3. The summed E-state index contributed by atoms with van der Waals surface area (Å²) in [7, 11) is 1.97. The Morgan fingerprint density at radius 1 is 1.33 bits per heavy atom. The molecular formula is C10H13N5. The van der Waals surface area contributed by atoms with Gasteiger partial charge in [0.1, 0.15) is 12.2 Å². The first-order valence-electron chi connectivity index (χ1n) is 4.76. The summed E-state index contributed by atoms with van der Waals surface area (Å²) in [5, 5.41) is 3.28. The van der Waals surface area contributed by atoms with E-state index in [0.717, 1.165) is 11.5 Å². The zero-order valence-electron chi connectivity index (χ0n) is 8.75. The third-order valence-corrected chi connectivity index (χ3v) is 2.19. The highest BCUT2D eigenvalue weighted by atomic mass is 15.1. The molecule has 2 heterocycles. The lowest BCUT2D eigenvalue weighted by molar-refractivity contribution is 0.720. The van der Waals surface area contributed by atoms with Crippen molar-refractivity contribution in [3.63, 3.8) is 0 Å². The van der Waals surface area contributed by atoms with Crippen molar-refractivity contribution in [1.82, 2.24) is 19.5 Å². The van der Waals surface area contributed by atoms with E-state index >= 15 is 0 Å². The summed E-state index contributed by atoms with van der Waals surface area (Å²) < 4.78 is 1.99. The molecule has 0 aliphatic rings. The van der Waals surface area contributed by atoms with Gasteiger partial charge >= 0.3 is 0 Å². The molecule has 0 spiro atoms. The monoisotopic (exact) mass is 203 g/mol. The van der Waals surface area contributed by atoms with Crippen molar-refractivity contribution in [3.8, 4) is 0 Å². The van der Waals surface area contributed by atoms with Crippen LogP contribution in [0.3, 0.4) is 0 Å². The summed E-state index contributed by atoms with van der Waals surface area (Å²) in [6, 6.07) is 0.135. The largest absolute Gasteiger partial charge is 0.373 e. The van der Waals surface area contributed by atoms with Crippen molar-refractivity contribution in [2.45, 2.75) is 13.0 Å². The highest BCUT2D eigenvalue weighted by Gasteiger charge is 2.09. The maximum Gasteiger partial charge on any atom is 0.130 e. The normalized spacial score (nSPS) is 12.4. The molecule has 0 radical (unpaired) electrons. The molecular weight excluding hydrogens is 190 g/mol. The molecule has 5 nitrogen and oxygen atoms in total. The van der Waals surface area contributed by atoms with Crippen LogP contribution in [0.4, 0.5) is 5.69 Å². The minimum absolute atomic E-state index is 0.135. The van der Waals surface area contributed by atoms with Crippen molar-refractivity contribution in [2.24, 2.45) is 7.05 Å². The van der Waals surface area contributed by atoms with Crippen LogP contribution in [-0.2, 0) is 7.05 Å². The van der Waals surface area contributed by atoms with Gasteiger partial charge in [-0.25, -0.2) is 15.0 Å². The zero-order valence-corrected chi connectivity index (χ0v) is 8.75. The van der Waals surface area contributed by atoms with Crippen molar-refractivity contribution >= 4 is 5.69 Å². The molecule has 0 aromatic carbocycles. The number of rotatable bonds is 3. The molecule has 1 atom stereocenters. The molecule has 1 unspecified atom stereocenters. The minimum Gasteiger partial charge on any atom is -0.373 e. The van der Waals surface area contributed by atoms with Gasteiger partial charge in [0, 0.05) is 19.4 Å². The number of nitrogens with zero attached hydrogens (tertiary/aromatic N) is 4. The molecule has 2 aromatic heterocycles. The fraction of sp³-hybridized carbons (Fsp3) is 0.300. The third-order valence-electron chi connectivity index (χ3n) is 2.19. The van der Waals surface area contributed by atoms with Crippen LogP contribution in [-0.4, -0.2) is 19.5 Å². The van der Waals surface area contributed by atoms with Crippen LogP contribution in [0.25, 0.3) is 0 Å². The van der Waals surface area contributed by atoms with Gasteiger partial charge in [0.25, 0.3) is 0 Å². The van der Waals surface area contributed by atoms with Gasteiger partial charge in [-0.1, -0.05) is 0 Å². The van der Waals surface area contributed by atoms with Crippen molar-refractivity contribution in [2.75, 3.05) is 5.32 Å². The van der Waals surface area contributed by atoms with Crippen LogP contribution >= 0.6 is 0 Å². The van der Waals surface area contributed by atoms with Crippen LogP contribution < -0.4 is 5.32 Å². The molecule has 0 aliphatic carbocycles. The highest BCUT2D eigenvalue weighted by molar-refractivity contribution is 5.38. The number of hydrogen-bond acceptors (Lipinski definition) is 4. The first-order valence-corrected chi connectivity index (χ1v) is 4.76. The van der Waals surface area contributed by atoms with Gasteiger partial charge in [0.05, 0.1) is 24.1 Å². The van der Waals surface area contributed by atoms with Gasteiger partial charge in [-0.05, 0) is 6.92 Å². The van der Waals surface area contributed by atoms with Crippen LogP contribution in [0.5, 0.6) is 0 Å². The Labute approximate surface area is 88.2 Å². The first kappa shape index (κ1) is 9.64. The lowest BCUT2D eigenvalue weighted by Gasteiger charge is -2.14. The molecule has 2 rings (SSSR count). The summed E-state index contributed by atoms with van der Waals surface area (Å²) in [5.41, 5.74) is 0.896. The van der Waals surface area contributed by atoms with E-state index in [9.17, 15) is 0 Å². The van der Waals surface area contributed by atoms with E-state index in [1.165, 1.54) is 6.33 Å². The Bertz CT molecular complexity index is 422. The second-order valence-corrected chi connectivity index (χ2v) is 3.39. The van der Waals surface area contributed by atoms with Crippen LogP contribution in [0, 0.1) is 0 Å². The Kier molecular flexibility index (Phi) is 2.62. The van der Waals surface area contributed by atoms with E-state index in [-0.39, 0.29) is 6.04 Å². The lowest BCUT2D eigenvalue weighted by Crippen LogP contribution is -2.12. The quantitative estimate of drug-likeness (QED) is 0.818. The number of nitrogens with one attached hydrogen (secondary N) is 1. The van der Waals surface area contributed by atoms with Crippen molar-refractivity contribution in [1.29, 1.82) is 0 Å². The average molecular weight is 203 g/mol. The summed E-state index contributed by atoms with van der Waals surface area (Å²) in [6.45, 7) is 2.05. The topological polar surface area (TPSA) is 55.6 Å². The van der Waals surface area contributed by atoms with Gasteiger partial charge in [-0.15, -0.1) is 0 Å². The molecule has 0 amide bonds. The summed E-state index contributed by atoms with van der Waals surface area (Å²) in [5.74, 6) is 0.985. The molecule has 2 aromatic rings. The summed E-state index contributed by atoms with van der Waals surface area (Å²) in [4.78, 5) is 12.2. The predicted molar refractivity (Wildman–Crippen MR) is 57.3 cm³/mol. The van der Waals surface area contributed by atoms with Gasteiger partial charge in [0.2, 0.25) is 0 Å². The fourth-order valence-corrected chi connectivity index (χ4v) is 1.48. The van der Waals surface area contributed by atoms with Gasteiger partial charge < -0.3 is 9.88 Å². The van der Waals surface area contributed by atoms with Crippen LogP contribution in [0.1, 0.15) is 18.8 Å². The fourth-order valence-electron chi connectivity index (χ4n) is 1.48. The highest BCUT2D eigenvalue weighted by Crippen LogP contribution is 2.15. The van der Waals surface area contributed by atoms with Crippen LogP contribution in [0.2, 0.25) is 0 Å². The van der Waals surface area contributed by atoms with E-state index in [1.807, 2.05) is 17.8 Å². The van der Waals surface area contributed by atoms with Crippen molar-refractivity contribution in [3.05, 3.63) is 36.9 Å². The second kappa shape index (κ2) is 4.08. The first-order chi connectivity index (χ1) is 7.27. The third kappa shape index (κ3) is 2.12. The number of aromatic nitrogens is 4. The van der Waals surface area contributed by atoms with E-state index in [2.05, 4.69) is 27.2 Å². The van der Waals surface area contributed by atoms with Gasteiger partial charge in [0.15, 0.2) is 0 Å². The average Bonchev–Trinajstić information content (AvgIpc) is 2.66. The minimum atomic E-state index is 0.135. The number of imidazole rings is 1. The molecule has 0 aliphatic heterocycles. The molecule has 5 heteroatoms. The molecule has 15 heavy (non-hydrogen) atoms. The van der Waals surface area contributed by atoms with Crippen molar-refractivity contribution < 1.29 is 0 Å². The number of anilines is 1. The smallest absolute Gasteiger partial charge is 0.130 e. The van der Waals surface area contributed by atoms with Crippen LogP contribution in [0.15, 0.2) is 31.1 Å². The van der Waals surface area contributed by atoms with Gasteiger partial charge in [-0.2, -0.15) is 0 Å². The van der Waals surface area contributed by atoms with E-state index in [0.29, 0.717) is 0 Å². The number of hydrogen-bond donors (Lipinski definition) is 1. The Hall–Kier alpha value is -1.91. The predicted octanol–water partition coefficient (Wildman–Crippen LogP) is 1.38. The Balaban J connectivity index is 2.11. The van der Waals surface area contributed by atoms with Gasteiger partial charge in [-0.3, -0.25) is 0 Å².